The molecule has 2 N–H and O–H groups in total. The maximum atomic E-state index is 11.9. The molecule has 0 aliphatic rings. The highest BCUT2D eigenvalue weighted by Crippen LogP contribution is 2.28. The van der Waals surface area contributed by atoms with Crippen LogP contribution in [0, 0.1) is 0 Å². The normalized spacial score (nSPS) is 13.5. The Morgan fingerprint density at radius 3 is 2.33 bits per heavy atom. The first-order valence-corrected chi connectivity index (χ1v) is 9.05. The Kier molecular flexibility index (Phi) is 4.84. The van der Waals surface area contributed by atoms with Gasteiger partial charge in [-0.25, -0.2) is 16.8 Å². The van der Waals surface area contributed by atoms with Gasteiger partial charge < -0.3 is 9.84 Å². The van der Waals surface area contributed by atoms with Crippen molar-refractivity contribution < 1.29 is 31.5 Å². The van der Waals surface area contributed by atoms with E-state index in [0.29, 0.717) is 0 Å². The lowest BCUT2D eigenvalue weighted by Crippen LogP contribution is -2.33. The average Bonchev–Trinajstić information content (AvgIpc) is 2.37. The summed E-state index contributed by atoms with van der Waals surface area (Å²) in [5.74, 6) is -1.45. The molecule has 0 saturated heterocycles. The van der Waals surface area contributed by atoms with Gasteiger partial charge in [-0.1, -0.05) is 0 Å². The van der Waals surface area contributed by atoms with Crippen molar-refractivity contribution in [2.45, 2.75) is 17.1 Å². The first-order chi connectivity index (χ1) is 9.49. The number of nitrogens with one attached hydrogen (secondary N) is 1. The molecule has 8 nitrogen and oxygen atoms in total. The number of phenols is 1. The van der Waals surface area contributed by atoms with E-state index in [4.69, 9.17) is 0 Å². The van der Waals surface area contributed by atoms with Crippen molar-refractivity contribution in [3.8, 4) is 5.75 Å². The fourth-order valence-electron chi connectivity index (χ4n) is 1.36. The second-order valence-electron chi connectivity index (χ2n) is 4.26. The molecule has 118 valence electrons. The predicted molar refractivity (Wildman–Crippen MR) is 75.2 cm³/mol. The van der Waals surface area contributed by atoms with E-state index in [2.05, 4.69) is 4.74 Å². The number of hydrogen-bond acceptors (Lipinski definition) is 7. The van der Waals surface area contributed by atoms with Gasteiger partial charge in [0.2, 0.25) is 10.0 Å². The van der Waals surface area contributed by atoms with Gasteiger partial charge in [0.15, 0.2) is 15.1 Å². The molecule has 1 aromatic carbocycles. The Hall–Kier alpha value is -1.81. The molecule has 0 fully saturated rings. The fourth-order valence-corrected chi connectivity index (χ4v) is 3.01. The van der Waals surface area contributed by atoms with Gasteiger partial charge in [-0.3, -0.25) is 9.52 Å². The smallest absolute Gasteiger partial charge is 0.325 e. The lowest BCUT2D eigenvalue weighted by atomic mass is 10.3. The van der Waals surface area contributed by atoms with E-state index in [0.717, 1.165) is 38.5 Å². The second kappa shape index (κ2) is 5.90. The largest absolute Gasteiger partial charge is 0.506 e. The highest BCUT2D eigenvalue weighted by Gasteiger charge is 2.29. The van der Waals surface area contributed by atoms with Gasteiger partial charge in [0.05, 0.1) is 17.7 Å². The zero-order chi connectivity index (χ0) is 16.4. The number of esters is 1. The van der Waals surface area contributed by atoms with Gasteiger partial charge in [-0.2, -0.15) is 0 Å². The molecule has 0 aromatic heterocycles. The predicted octanol–water partition coefficient (Wildman–Crippen LogP) is 0.0989. The number of sulfonamides is 1. The number of aromatic hydroxyl groups is 1. The number of benzene rings is 1. The number of carbonyl (C=O) groups excluding carboxylic acids is 1. The maximum absolute atomic E-state index is 11.9. The molecule has 1 aromatic rings. The van der Waals surface area contributed by atoms with Crippen LogP contribution >= 0.6 is 0 Å². The summed E-state index contributed by atoms with van der Waals surface area (Å²) in [7, 11) is -6.73. The Balaban J connectivity index is 3.22. The van der Waals surface area contributed by atoms with Crippen LogP contribution in [0.15, 0.2) is 23.1 Å². The highest BCUT2D eigenvalue weighted by atomic mass is 32.2. The molecule has 1 atom stereocenters. The van der Waals surface area contributed by atoms with Crippen molar-refractivity contribution >= 4 is 31.5 Å². The lowest BCUT2D eigenvalue weighted by Gasteiger charge is -2.14. The molecule has 0 amide bonds. The summed E-state index contributed by atoms with van der Waals surface area (Å²) in [5, 5.41) is 8.08. The summed E-state index contributed by atoms with van der Waals surface area (Å²) >= 11 is 0. The van der Waals surface area contributed by atoms with E-state index >= 15 is 0 Å². The monoisotopic (exact) mass is 337 g/mol. The Bertz CT molecular complexity index is 753. The Morgan fingerprint density at radius 1 is 1.29 bits per heavy atom. The van der Waals surface area contributed by atoms with Crippen molar-refractivity contribution in [1.29, 1.82) is 0 Å². The van der Waals surface area contributed by atoms with Gasteiger partial charge in [-0.05, 0) is 25.1 Å². The minimum Gasteiger partial charge on any atom is -0.506 e. The van der Waals surface area contributed by atoms with Crippen molar-refractivity contribution in [3.63, 3.8) is 0 Å². The van der Waals surface area contributed by atoms with E-state index in [9.17, 15) is 26.7 Å². The van der Waals surface area contributed by atoms with E-state index in [1.165, 1.54) is 0 Å². The number of rotatable bonds is 5. The van der Waals surface area contributed by atoms with Gasteiger partial charge in [0.1, 0.15) is 5.75 Å². The number of carbonyl (C=O) groups is 1. The number of anilines is 1. The summed E-state index contributed by atoms with van der Waals surface area (Å²) in [4.78, 5) is 11.1. The van der Waals surface area contributed by atoms with Crippen LogP contribution in [-0.4, -0.2) is 46.5 Å². The first-order valence-electron chi connectivity index (χ1n) is 5.61. The first kappa shape index (κ1) is 17.2. The van der Waals surface area contributed by atoms with E-state index < -0.39 is 36.8 Å². The van der Waals surface area contributed by atoms with Crippen molar-refractivity contribution in [1.82, 2.24) is 0 Å². The zero-order valence-corrected chi connectivity index (χ0v) is 13.2. The molecule has 0 heterocycles. The molecule has 0 spiro atoms. The SMILES string of the molecule is COC(=O)C(C)S(=O)(=O)Nc1cc(S(C)(=O)=O)ccc1O. The van der Waals surface area contributed by atoms with Crippen LogP contribution in [0.3, 0.4) is 0 Å². The van der Waals surface area contributed by atoms with Crippen molar-refractivity contribution in [2.24, 2.45) is 0 Å². The van der Waals surface area contributed by atoms with Crippen molar-refractivity contribution in [3.05, 3.63) is 18.2 Å². The third-order valence-corrected chi connectivity index (χ3v) is 5.38. The topological polar surface area (TPSA) is 127 Å². The molecular formula is C11H15NO7S2. The van der Waals surface area contributed by atoms with Crippen LogP contribution in [0.4, 0.5) is 5.69 Å². The number of sulfone groups is 1. The van der Waals surface area contributed by atoms with Crippen LogP contribution < -0.4 is 4.72 Å². The van der Waals surface area contributed by atoms with Gasteiger partial charge in [0, 0.05) is 6.26 Å². The molecule has 0 radical (unpaired) electrons. The van der Waals surface area contributed by atoms with Gasteiger partial charge >= 0.3 is 5.97 Å². The summed E-state index contributed by atoms with van der Waals surface area (Å²) in [6.07, 6.45) is 0.939. The van der Waals surface area contributed by atoms with Crippen molar-refractivity contribution in [2.75, 3.05) is 18.1 Å². The molecule has 10 heteroatoms. The third kappa shape index (κ3) is 4.08. The van der Waals surface area contributed by atoms with E-state index in [1.54, 1.807) is 0 Å². The minimum absolute atomic E-state index is 0.177. The van der Waals surface area contributed by atoms with Gasteiger partial charge in [0.25, 0.3) is 0 Å². The summed E-state index contributed by atoms with van der Waals surface area (Å²) < 4.78 is 53.0. The Morgan fingerprint density at radius 2 is 1.86 bits per heavy atom. The second-order valence-corrected chi connectivity index (χ2v) is 8.28. The van der Waals surface area contributed by atoms with Crippen LogP contribution in [0.2, 0.25) is 0 Å². The van der Waals surface area contributed by atoms with Crippen LogP contribution in [0.1, 0.15) is 6.92 Å². The summed E-state index contributed by atoms with van der Waals surface area (Å²) in [6, 6.07) is 3.13. The highest BCUT2D eigenvalue weighted by molar-refractivity contribution is 7.94. The van der Waals surface area contributed by atoms with E-state index in [1.807, 2.05) is 4.72 Å². The van der Waals surface area contributed by atoms with Gasteiger partial charge in [-0.15, -0.1) is 0 Å². The van der Waals surface area contributed by atoms with Crippen LogP contribution in [-0.2, 0) is 29.4 Å². The molecule has 0 aliphatic carbocycles. The molecule has 21 heavy (non-hydrogen) atoms. The molecule has 0 bridgehead atoms. The number of methoxy groups -OCH3 is 1. The maximum Gasteiger partial charge on any atom is 0.325 e. The average molecular weight is 337 g/mol. The fraction of sp³-hybridized carbons (Fsp3) is 0.364. The number of ether oxygens (including phenoxy) is 1. The van der Waals surface area contributed by atoms with Crippen LogP contribution in [0.5, 0.6) is 5.75 Å². The molecular weight excluding hydrogens is 322 g/mol. The molecule has 0 saturated carbocycles. The quantitative estimate of drug-likeness (QED) is 0.576. The van der Waals surface area contributed by atoms with E-state index in [-0.39, 0.29) is 10.6 Å². The standard InChI is InChI=1S/C11H15NO7S2/c1-7(11(14)19-2)21(17,18)12-9-6-8(20(3,15)16)4-5-10(9)13/h4-7,12-13H,1-3H3. The molecule has 1 unspecified atom stereocenters. The molecule has 1 rings (SSSR count). The zero-order valence-electron chi connectivity index (χ0n) is 11.5. The molecule has 0 aliphatic heterocycles. The number of hydrogen-bond donors (Lipinski definition) is 2. The third-order valence-electron chi connectivity index (χ3n) is 2.65. The lowest BCUT2D eigenvalue weighted by molar-refractivity contribution is -0.139. The summed E-state index contributed by atoms with van der Waals surface area (Å²) in [6.45, 7) is 1.10. The summed E-state index contributed by atoms with van der Waals surface area (Å²) in [5.41, 5.74) is -0.339. The number of phenolic OH excluding ortho intramolecular Hbond substituents is 1. The van der Waals surface area contributed by atoms with Crippen LogP contribution in [0.25, 0.3) is 0 Å². The minimum atomic E-state index is -4.19. The Labute approximate surface area is 122 Å².